The van der Waals surface area contributed by atoms with Crippen molar-refractivity contribution in [2.24, 2.45) is 11.8 Å². The van der Waals surface area contributed by atoms with Crippen molar-refractivity contribution in [2.75, 3.05) is 5.32 Å². The Kier molecular flexibility index (Phi) is 10.3. The molecule has 1 fully saturated rings. The van der Waals surface area contributed by atoms with E-state index in [0.29, 0.717) is 29.5 Å². The fourth-order valence-electron chi connectivity index (χ4n) is 5.96. The molecule has 10 heteroatoms. The Morgan fingerprint density at radius 1 is 0.865 bits per heavy atom. The van der Waals surface area contributed by atoms with E-state index in [1.54, 1.807) is 0 Å². The maximum Gasteiger partial charge on any atom is 0.422 e. The highest BCUT2D eigenvalue weighted by Crippen LogP contribution is 2.42. The van der Waals surface area contributed by atoms with Crippen molar-refractivity contribution >= 4 is 19.7 Å². The van der Waals surface area contributed by atoms with Crippen molar-refractivity contribution < 1.29 is 35.5 Å². The van der Waals surface area contributed by atoms with Crippen LogP contribution >= 0.6 is 0 Å². The quantitative estimate of drug-likeness (QED) is 0.156. The van der Waals surface area contributed by atoms with Crippen LogP contribution in [0, 0.1) is 46.6 Å². The van der Waals surface area contributed by atoms with Gasteiger partial charge in [0.25, 0.3) is 0 Å². The predicted octanol–water partition coefficient (Wildman–Crippen LogP) is 9.01. The summed E-state index contributed by atoms with van der Waals surface area (Å²) in [5.41, 5.74) is 0.278. The van der Waals surface area contributed by atoms with Gasteiger partial charge >= 0.3 is 6.18 Å². The van der Waals surface area contributed by atoms with Gasteiger partial charge in [0.05, 0.1) is 5.92 Å². The fourth-order valence-corrected chi connectivity index (χ4v) is 11.2. The summed E-state index contributed by atoms with van der Waals surface area (Å²) in [5.74, 6) is -8.53. The number of benzene rings is 1. The molecule has 1 amide bonds. The van der Waals surface area contributed by atoms with E-state index in [2.05, 4.69) is 53.0 Å². The Hall–Kier alpha value is -2.02. The molecular formula is C27H36F7NOSi. The number of hydrogen-bond donors (Lipinski definition) is 1. The molecule has 208 valence electrons. The number of anilines is 1. The molecule has 0 spiro atoms. The van der Waals surface area contributed by atoms with E-state index in [0.717, 1.165) is 19.3 Å². The number of carbonyl (C=O) groups excluding carboxylic acids is 1. The smallest absolute Gasteiger partial charge is 0.321 e. The van der Waals surface area contributed by atoms with Crippen molar-refractivity contribution in [2.45, 2.75) is 103 Å². The molecule has 0 bridgehead atoms. The van der Waals surface area contributed by atoms with Gasteiger partial charge in [-0.2, -0.15) is 13.2 Å². The number of rotatable bonds is 7. The van der Waals surface area contributed by atoms with E-state index in [4.69, 9.17) is 0 Å². The first-order valence-corrected chi connectivity index (χ1v) is 15.0. The van der Waals surface area contributed by atoms with Gasteiger partial charge in [-0.15, -0.1) is 11.5 Å². The standard InChI is InChI=1S/C27H36F7NOSi/c1-15(2)37(16(3)4,17(5)6)14-10-13-19(18-11-8-7-9-12-18)26(36)35-25-23(30)21(28)20(27(32,33)34)22(29)24(25)31/h15-19H,7-9,11-13H2,1-6H3,(H,35,36). The summed E-state index contributed by atoms with van der Waals surface area (Å²) in [4.78, 5) is 13.2. The molecule has 0 heterocycles. The Labute approximate surface area is 215 Å². The highest BCUT2D eigenvalue weighted by molar-refractivity contribution is 6.90. The molecule has 1 aliphatic carbocycles. The van der Waals surface area contributed by atoms with Crippen LogP contribution < -0.4 is 5.32 Å². The van der Waals surface area contributed by atoms with Crippen molar-refractivity contribution in [3.63, 3.8) is 0 Å². The van der Waals surface area contributed by atoms with Gasteiger partial charge in [-0.3, -0.25) is 4.79 Å². The summed E-state index contributed by atoms with van der Waals surface area (Å²) in [6.45, 7) is 12.8. The minimum atomic E-state index is -5.65. The van der Waals surface area contributed by atoms with Crippen LogP contribution in [-0.4, -0.2) is 14.0 Å². The van der Waals surface area contributed by atoms with Crippen molar-refractivity contribution in [1.82, 2.24) is 0 Å². The molecule has 1 aliphatic rings. The minimum absolute atomic E-state index is 0.0756. The molecule has 37 heavy (non-hydrogen) atoms. The third kappa shape index (κ3) is 6.52. The number of hydrogen-bond acceptors (Lipinski definition) is 1. The monoisotopic (exact) mass is 551 g/mol. The largest absolute Gasteiger partial charge is 0.422 e. The lowest BCUT2D eigenvalue weighted by atomic mass is 9.78. The van der Waals surface area contributed by atoms with Crippen molar-refractivity contribution in [3.8, 4) is 11.5 Å². The third-order valence-electron chi connectivity index (χ3n) is 7.84. The average molecular weight is 552 g/mol. The maximum atomic E-state index is 14.5. The van der Waals surface area contributed by atoms with Gasteiger partial charge < -0.3 is 5.32 Å². The number of amides is 1. The van der Waals surface area contributed by atoms with Crippen molar-refractivity contribution in [1.29, 1.82) is 0 Å². The number of alkyl halides is 3. The lowest BCUT2D eigenvalue weighted by Crippen LogP contribution is -2.43. The first kappa shape index (κ1) is 31.2. The van der Waals surface area contributed by atoms with Crippen molar-refractivity contribution in [3.05, 3.63) is 28.8 Å². The second kappa shape index (κ2) is 12.2. The third-order valence-corrected chi connectivity index (χ3v) is 14.2. The molecule has 1 aromatic rings. The first-order chi connectivity index (χ1) is 17.1. The molecule has 2 rings (SSSR count). The lowest BCUT2D eigenvalue weighted by molar-refractivity contribution is -0.143. The summed E-state index contributed by atoms with van der Waals surface area (Å²) < 4.78 is 95.9. The molecule has 1 atom stereocenters. The SMILES string of the molecule is CC(C)[Si](C#CCC(C(=O)Nc1c(F)c(F)c(C(F)(F)F)c(F)c1F)C1CCCCC1)(C(C)C)C(C)C. The minimum Gasteiger partial charge on any atom is -0.321 e. The molecule has 0 saturated heterocycles. The normalized spacial score (nSPS) is 16.2. The molecule has 1 saturated carbocycles. The van der Waals surface area contributed by atoms with E-state index >= 15 is 0 Å². The maximum absolute atomic E-state index is 14.5. The predicted molar refractivity (Wildman–Crippen MR) is 133 cm³/mol. The summed E-state index contributed by atoms with van der Waals surface area (Å²) in [6, 6.07) is 0. The second-order valence-corrected chi connectivity index (χ2v) is 16.5. The van der Waals surface area contributed by atoms with E-state index in [9.17, 15) is 35.5 Å². The second-order valence-electron chi connectivity index (χ2n) is 10.9. The van der Waals surface area contributed by atoms with Crippen LogP contribution in [0.25, 0.3) is 0 Å². The van der Waals surface area contributed by atoms with Gasteiger partial charge in [-0.25, -0.2) is 17.6 Å². The Bertz CT molecular complexity index is 983. The molecule has 1 aromatic carbocycles. The van der Waals surface area contributed by atoms with Crippen LogP contribution in [0.1, 0.15) is 85.6 Å². The summed E-state index contributed by atoms with van der Waals surface area (Å²) in [5, 5.41) is 1.86. The Balaban J connectivity index is 2.47. The Morgan fingerprint density at radius 3 is 1.73 bits per heavy atom. The van der Waals surface area contributed by atoms with Crippen LogP contribution in [0.15, 0.2) is 0 Å². The van der Waals surface area contributed by atoms with E-state index in [1.165, 1.54) is 0 Å². The van der Waals surface area contributed by atoms with E-state index in [-0.39, 0.29) is 12.3 Å². The van der Waals surface area contributed by atoms with E-state index < -0.39 is 60.6 Å². The number of nitrogens with one attached hydrogen (secondary N) is 1. The zero-order valence-electron chi connectivity index (χ0n) is 22.2. The van der Waals surface area contributed by atoms with Crippen LogP contribution in [0.4, 0.5) is 36.4 Å². The highest BCUT2D eigenvalue weighted by Gasteiger charge is 2.44. The molecule has 0 radical (unpaired) electrons. The summed E-state index contributed by atoms with van der Waals surface area (Å²) in [6.07, 6.45) is -1.58. The molecule has 0 aromatic heterocycles. The van der Waals surface area contributed by atoms with E-state index in [1.807, 2.05) is 5.32 Å². The zero-order chi connectivity index (χ0) is 28.3. The summed E-state index contributed by atoms with van der Waals surface area (Å²) >= 11 is 0. The molecule has 1 unspecified atom stereocenters. The Morgan fingerprint density at radius 2 is 1.32 bits per heavy atom. The highest BCUT2D eigenvalue weighted by atomic mass is 28.3. The van der Waals surface area contributed by atoms with Gasteiger partial charge in [-0.1, -0.05) is 60.8 Å². The first-order valence-electron chi connectivity index (χ1n) is 12.8. The topological polar surface area (TPSA) is 29.1 Å². The van der Waals surface area contributed by atoms with Gasteiger partial charge in [0.15, 0.2) is 23.3 Å². The number of carbonyl (C=O) groups is 1. The lowest BCUT2D eigenvalue weighted by Gasteiger charge is -2.38. The van der Waals surface area contributed by atoms with Gasteiger partial charge in [0, 0.05) is 6.42 Å². The number of halogens is 7. The summed E-state index contributed by atoms with van der Waals surface area (Å²) in [7, 11) is -2.13. The molecule has 2 nitrogen and oxygen atoms in total. The molecule has 1 N–H and O–H groups in total. The van der Waals surface area contributed by atoms with Gasteiger partial charge in [-0.05, 0) is 35.4 Å². The average Bonchev–Trinajstić information content (AvgIpc) is 2.79. The van der Waals surface area contributed by atoms with Crippen LogP contribution in [0.3, 0.4) is 0 Å². The van der Waals surface area contributed by atoms with Crippen LogP contribution in [0.2, 0.25) is 16.6 Å². The zero-order valence-corrected chi connectivity index (χ0v) is 23.2. The molecular weight excluding hydrogens is 515 g/mol. The van der Waals surface area contributed by atoms with Gasteiger partial charge in [0.2, 0.25) is 5.91 Å². The fraction of sp³-hybridized carbons (Fsp3) is 0.667. The van der Waals surface area contributed by atoms with Gasteiger partial charge in [0.1, 0.15) is 19.3 Å². The molecule has 0 aliphatic heterocycles. The van der Waals surface area contributed by atoms with Crippen LogP contribution in [0.5, 0.6) is 0 Å². The van der Waals surface area contributed by atoms with Crippen LogP contribution in [-0.2, 0) is 11.0 Å².